The van der Waals surface area contributed by atoms with E-state index in [0.29, 0.717) is 6.61 Å². The molecular formula is C20H32N3O3Tl. The molecular weight excluding hydrogens is 535 g/mol. The van der Waals surface area contributed by atoms with E-state index in [1.54, 1.807) is 0 Å². The fraction of sp³-hybridized carbons (Fsp3) is 0.800. The van der Waals surface area contributed by atoms with Crippen LogP contribution in [0.2, 0.25) is 3.48 Å². The first kappa shape index (κ1) is 21.2. The predicted molar refractivity (Wildman–Crippen MR) is 105 cm³/mol. The van der Waals surface area contributed by atoms with Crippen LogP contribution in [0.25, 0.3) is 0 Å². The van der Waals surface area contributed by atoms with Gasteiger partial charge in [0.15, 0.2) is 0 Å². The molecule has 148 valence electrons. The van der Waals surface area contributed by atoms with Crippen LogP contribution in [0.5, 0.6) is 0 Å². The summed E-state index contributed by atoms with van der Waals surface area (Å²) in [6.07, 6.45) is 9.43. The Hall–Kier alpha value is -0.478. The van der Waals surface area contributed by atoms with E-state index in [9.17, 15) is 9.59 Å². The summed E-state index contributed by atoms with van der Waals surface area (Å²) in [5, 5.41) is 0. The van der Waals surface area contributed by atoms with Crippen molar-refractivity contribution in [1.82, 2.24) is 15.8 Å². The van der Waals surface area contributed by atoms with Crippen molar-refractivity contribution in [2.45, 2.75) is 66.9 Å². The second kappa shape index (κ2) is 8.90. The van der Waals surface area contributed by atoms with Gasteiger partial charge in [0.25, 0.3) is 0 Å². The van der Waals surface area contributed by atoms with Crippen LogP contribution in [0.4, 0.5) is 0 Å². The summed E-state index contributed by atoms with van der Waals surface area (Å²) in [7, 11) is 3.92. The molecule has 0 aromatic rings. The Morgan fingerprint density at radius 1 is 1.33 bits per heavy atom. The Bertz CT molecular complexity index is 609. The first-order valence-electron chi connectivity index (χ1n) is 10.3. The minimum atomic E-state index is -0.672. The van der Waals surface area contributed by atoms with Crippen molar-refractivity contribution in [2.75, 3.05) is 20.7 Å². The van der Waals surface area contributed by atoms with Crippen molar-refractivity contribution >= 4 is 37.5 Å². The molecule has 7 heteroatoms. The van der Waals surface area contributed by atoms with E-state index >= 15 is 0 Å². The molecule has 0 aromatic heterocycles. The average Bonchev–Trinajstić information content (AvgIpc) is 2.88. The summed E-state index contributed by atoms with van der Waals surface area (Å²) in [4.78, 5) is 28.3. The van der Waals surface area contributed by atoms with Crippen molar-refractivity contribution in [2.24, 2.45) is 11.8 Å². The minimum absolute atomic E-state index is 0.0383. The van der Waals surface area contributed by atoms with E-state index in [-0.39, 0.29) is 23.6 Å². The van der Waals surface area contributed by atoms with E-state index in [0.717, 1.165) is 60.5 Å². The van der Waals surface area contributed by atoms with Gasteiger partial charge in [-0.3, -0.25) is 0 Å². The zero-order valence-electron chi connectivity index (χ0n) is 16.8. The molecule has 5 unspecified atom stereocenters. The quantitative estimate of drug-likeness (QED) is 0.234. The van der Waals surface area contributed by atoms with Crippen LogP contribution in [-0.4, -0.2) is 74.7 Å². The molecule has 1 saturated heterocycles. The summed E-state index contributed by atoms with van der Waals surface area (Å²) in [5.41, 5.74) is 6.79. The number of hydrogen-bond donors (Lipinski definition) is 2. The third kappa shape index (κ3) is 4.12. The van der Waals surface area contributed by atoms with Gasteiger partial charge in [0.05, 0.1) is 0 Å². The van der Waals surface area contributed by atoms with Gasteiger partial charge in [0, 0.05) is 0 Å². The van der Waals surface area contributed by atoms with Gasteiger partial charge in [-0.1, -0.05) is 0 Å². The number of esters is 1. The topological polar surface area (TPSA) is 70.7 Å². The molecule has 3 rings (SSSR count). The Morgan fingerprint density at radius 2 is 2.07 bits per heavy atom. The van der Waals surface area contributed by atoms with Crippen molar-refractivity contribution in [3.63, 3.8) is 0 Å². The molecule has 1 aliphatic heterocycles. The summed E-state index contributed by atoms with van der Waals surface area (Å²) in [6.45, 7) is 2.19. The van der Waals surface area contributed by atoms with Gasteiger partial charge in [-0.25, -0.2) is 0 Å². The number of nitrogens with one attached hydrogen (secondary N) is 2. The maximum atomic E-state index is 13.8. The van der Waals surface area contributed by atoms with Crippen molar-refractivity contribution in [3.05, 3.63) is 11.8 Å². The van der Waals surface area contributed by atoms with Gasteiger partial charge in [-0.05, 0) is 0 Å². The number of fused-ring (bicyclic) bond motifs is 1. The number of rotatable bonds is 4. The van der Waals surface area contributed by atoms with E-state index in [4.69, 9.17) is 4.74 Å². The van der Waals surface area contributed by atoms with Crippen LogP contribution in [0.1, 0.15) is 51.9 Å². The number of nitrogens with zero attached hydrogens (tertiary/aromatic N) is 1. The molecule has 0 spiro atoms. The fourth-order valence-corrected chi connectivity index (χ4v) is 7.45. The van der Waals surface area contributed by atoms with Crippen LogP contribution in [0.15, 0.2) is 11.8 Å². The van der Waals surface area contributed by atoms with Gasteiger partial charge in [0.2, 0.25) is 0 Å². The Balaban J connectivity index is 1.98. The summed E-state index contributed by atoms with van der Waals surface area (Å²) in [5.74, 6) is 0.201. The van der Waals surface area contributed by atoms with Crippen LogP contribution in [0, 0.1) is 11.8 Å². The molecule has 0 radical (unpaired) electrons. The standard InChI is InChI=1S/C20H32N3O3.Tl/c1-4-26-19(25)17-16-12-11-14(13-23(2)3)18(24)20(16,22-21-17)15-9-7-5-6-8-10-15;/h7,13,15-17,21-22H,4-6,8-12H2,1-3H3;/b14-13-;. The van der Waals surface area contributed by atoms with Gasteiger partial charge in [-0.2, -0.15) is 0 Å². The molecule has 3 aliphatic rings. The molecule has 27 heavy (non-hydrogen) atoms. The van der Waals surface area contributed by atoms with Crippen LogP contribution in [0.3, 0.4) is 0 Å². The SMILES string of the molecule is CCOC(=O)C1NNC2(C3CCCC[CH]([Tl])C3)C(=O)/C(=C\N(C)C)CCC12. The van der Waals surface area contributed by atoms with Crippen molar-refractivity contribution < 1.29 is 14.3 Å². The van der Waals surface area contributed by atoms with Gasteiger partial charge >= 0.3 is 179 Å². The Kier molecular flexibility index (Phi) is 7.00. The fourth-order valence-electron chi connectivity index (χ4n) is 5.26. The number of Topliss-reactive ketones (excluding diaryl/α,β-unsaturated/α-hetero) is 1. The Morgan fingerprint density at radius 3 is 2.78 bits per heavy atom. The third-order valence-corrected chi connectivity index (χ3v) is 8.73. The van der Waals surface area contributed by atoms with Gasteiger partial charge in [-0.15, -0.1) is 0 Å². The predicted octanol–water partition coefficient (Wildman–Crippen LogP) is 1.73. The molecule has 2 N–H and O–H groups in total. The molecule has 1 heterocycles. The molecule has 2 saturated carbocycles. The second-order valence-corrected chi connectivity index (χ2v) is 12.1. The van der Waals surface area contributed by atoms with Gasteiger partial charge in [0.1, 0.15) is 0 Å². The van der Waals surface area contributed by atoms with Crippen molar-refractivity contribution in [3.8, 4) is 0 Å². The summed E-state index contributed by atoms with van der Waals surface area (Å²) >= 11 is 0.941. The van der Waals surface area contributed by atoms with Gasteiger partial charge < -0.3 is 0 Å². The molecule has 2 aliphatic carbocycles. The zero-order chi connectivity index (χ0) is 19.6. The molecule has 0 amide bonds. The number of carbonyl (C=O) groups is 2. The molecule has 6 nitrogen and oxygen atoms in total. The van der Waals surface area contributed by atoms with E-state index in [1.807, 2.05) is 32.1 Å². The van der Waals surface area contributed by atoms with Crippen molar-refractivity contribution in [1.29, 1.82) is 0 Å². The van der Waals surface area contributed by atoms with E-state index in [1.165, 1.54) is 19.3 Å². The first-order valence-corrected chi connectivity index (χ1v) is 12.9. The summed E-state index contributed by atoms with van der Waals surface area (Å²) in [6, 6.07) is -0.437. The number of hydrazine groups is 1. The first-order chi connectivity index (χ1) is 12.9. The number of hydrogen-bond acceptors (Lipinski definition) is 6. The van der Waals surface area contributed by atoms with Crippen LogP contribution >= 0.6 is 0 Å². The van der Waals surface area contributed by atoms with Crippen LogP contribution < -0.4 is 10.9 Å². The average molecular weight is 567 g/mol. The molecule has 0 bridgehead atoms. The second-order valence-electron chi connectivity index (χ2n) is 8.44. The number of ether oxygens (including phenoxy) is 1. The molecule has 5 atom stereocenters. The molecule has 3 fully saturated rings. The van der Waals surface area contributed by atoms with Crippen LogP contribution in [-0.2, 0) is 14.3 Å². The number of ketones is 1. The van der Waals surface area contributed by atoms with E-state index < -0.39 is 11.6 Å². The molecule has 0 aromatic carbocycles. The normalized spacial score (nSPS) is 38.3. The monoisotopic (exact) mass is 567 g/mol. The maximum absolute atomic E-state index is 13.8. The third-order valence-electron chi connectivity index (χ3n) is 6.38. The summed E-state index contributed by atoms with van der Waals surface area (Å²) < 4.78 is 6.08. The van der Waals surface area contributed by atoms with E-state index in [2.05, 4.69) is 10.9 Å². The zero-order valence-corrected chi connectivity index (χ0v) is 21.3. The Labute approximate surface area is 178 Å². The number of carbonyl (C=O) groups excluding carboxylic acids is 2.